The van der Waals surface area contributed by atoms with Crippen LogP contribution in [0.5, 0.6) is 11.8 Å². The van der Waals surface area contributed by atoms with Gasteiger partial charge < -0.3 is 25.7 Å². The van der Waals surface area contributed by atoms with Crippen LogP contribution in [0.2, 0.25) is 0 Å². The Morgan fingerprint density at radius 3 is 1.24 bits per heavy atom. The number of carbonyl (C=O) groups excluding carboxylic acids is 2. The van der Waals surface area contributed by atoms with Crippen molar-refractivity contribution >= 4 is 11.9 Å². The van der Waals surface area contributed by atoms with E-state index in [0.717, 1.165) is 91.3 Å². The molecular formula is C50H62N8O5. The minimum Gasteiger partial charge on any atom is -0.471 e. The number of carbonyl (C=O) groups is 2. The highest BCUT2D eigenvalue weighted by atomic mass is 16.6. The van der Waals surface area contributed by atoms with E-state index in [1.54, 1.807) is 14.1 Å². The van der Waals surface area contributed by atoms with Gasteiger partial charge in [-0.1, -0.05) is 101 Å². The third-order valence-corrected chi connectivity index (χ3v) is 10.8. The number of esters is 2. The number of benzene rings is 2. The number of hydrogen-bond acceptors (Lipinski definition) is 11. The molecule has 4 N–H and O–H groups in total. The summed E-state index contributed by atoms with van der Waals surface area (Å²) in [5, 5.41) is 8.86. The third kappa shape index (κ3) is 10.9. The molecule has 0 saturated carbocycles. The van der Waals surface area contributed by atoms with E-state index >= 15 is 0 Å². The fourth-order valence-corrected chi connectivity index (χ4v) is 7.82. The molecule has 2 aromatic carbocycles. The molecule has 0 aliphatic heterocycles. The standard InChI is InChI=1S/C50H62N8O5/c1-29-13-17-33(18-14-29)43-35(23-51)41(21-49(5,6)7)53-31(3)39(43)27-61-45-37(25-57(11)55-45)47(59)63-48(60)38-26-58(12)56-46(38)62-28-40-32(4)54-42(22-50(8,9)10)36(24-52)44(40)34-19-15-30(2)16-20-34/h13-20,25-26H,21-24,27-28,51-52H2,1-12H3. The maximum Gasteiger partial charge on any atom is 0.353 e. The van der Waals surface area contributed by atoms with Crippen LogP contribution in [0.25, 0.3) is 22.3 Å². The van der Waals surface area contributed by atoms with E-state index in [-0.39, 0.29) is 60.0 Å². The van der Waals surface area contributed by atoms with E-state index in [4.69, 9.17) is 35.6 Å². The van der Waals surface area contributed by atoms with Crippen LogP contribution in [0.1, 0.15) is 118 Å². The topological polar surface area (TPSA) is 175 Å². The Morgan fingerprint density at radius 1 is 0.571 bits per heavy atom. The van der Waals surface area contributed by atoms with Gasteiger partial charge in [-0.2, -0.15) is 0 Å². The molecule has 4 heterocycles. The first kappa shape index (κ1) is 46.3. The van der Waals surface area contributed by atoms with Gasteiger partial charge in [-0.05, 0) is 84.7 Å². The van der Waals surface area contributed by atoms with Gasteiger partial charge in [0.15, 0.2) is 0 Å². The minimum atomic E-state index is -0.946. The van der Waals surface area contributed by atoms with Crippen LogP contribution >= 0.6 is 0 Å². The number of hydrogen-bond donors (Lipinski definition) is 2. The van der Waals surface area contributed by atoms with Crippen molar-refractivity contribution in [2.75, 3.05) is 0 Å². The monoisotopic (exact) mass is 854 g/mol. The summed E-state index contributed by atoms with van der Waals surface area (Å²) < 4.78 is 21.0. The molecule has 0 radical (unpaired) electrons. The highest BCUT2D eigenvalue weighted by molar-refractivity contribution is 6.04. The van der Waals surface area contributed by atoms with Crippen molar-refractivity contribution in [3.63, 3.8) is 0 Å². The molecule has 0 amide bonds. The van der Waals surface area contributed by atoms with Gasteiger partial charge in [0, 0.05) is 73.5 Å². The molecule has 13 nitrogen and oxygen atoms in total. The van der Waals surface area contributed by atoms with Gasteiger partial charge in [0.1, 0.15) is 24.3 Å². The summed E-state index contributed by atoms with van der Waals surface area (Å²) in [7, 11) is 3.31. The van der Waals surface area contributed by atoms with Gasteiger partial charge in [0.05, 0.1) is 0 Å². The van der Waals surface area contributed by atoms with Crippen molar-refractivity contribution in [2.45, 2.75) is 108 Å². The molecule has 0 unspecified atom stereocenters. The van der Waals surface area contributed by atoms with E-state index in [1.807, 2.05) is 27.7 Å². The summed E-state index contributed by atoms with van der Waals surface area (Å²) in [5.74, 6) is -1.90. The van der Waals surface area contributed by atoms with E-state index in [9.17, 15) is 9.59 Å². The van der Waals surface area contributed by atoms with Crippen molar-refractivity contribution in [1.29, 1.82) is 0 Å². The van der Waals surface area contributed by atoms with E-state index in [0.29, 0.717) is 0 Å². The Hall–Kier alpha value is -6.18. The number of nitrogens with zero attached hydrogens (tertiary/aromatic N) is 6. The normalized spacial score (nSPS) is 11.8. The fraction of sp³-hybridized carbons (Fsp3) is 0.400. The molecule has 332 valence electrons. The second-order valence-corrected chi connectivity index (χ2v) is 18.9. The summed E-state index contributed by atoms with van der Waals surface area (Å²) in [5.41, 5.74) is 25.8. The number of rotatable bonds is 14. The second kappa shape index (κ2) is 18.7. The maximum absolute atomic E-state index is 13.8. The summed E-state index contributed by atoms with van der Waals surface area (Å²) in [6, 6.07) is 16.5. The van der Waals surface area contributed by atoms with Gasteiger partial charge in [-0.3, -0.25) is 19.3 Å². The molecule has 0 bridgehead atoms. The summed E-state index contributed by atoms with van der Waals surface area (Å²) in [6.45, 7) is 21.6. The third-order valence-electron chi connectivity index (χ3n) is 10.8. The highest BCUT2D eigenvalue weighted by Crippen LogP contribution is 2.37. The van der Waals surface area contributed by atoms with Crippen LogP contribution in [-0.4, -0.2) is 41.5 Å². The summed E-state index contributed by atoms with van der Waals surface area (Å²) in [4.78, 5) is 37.7. The predicted molar refractivity (Wildman–Crippen MR) is 245 cm³/mol. The molecule has 63 heavy (non-hydrogen) atoms. The van der Waals surface area contributed by atoms with Crippen LogP contribution in [0, 0.1) is 38.5 Å². The van der Waals surface area contributed by atoms with E-state index in [1.165, 1.54) is 21.8 Å². The van der Waals surface area contributed by atoms with Crippen molar-refractivity contribution in [2.24, 2.45) is 36.4 Å². The Balaban J connectivity index is 1.26. The zero-order chi connectivity index (χ0) is 46.0. The Bertz CT molecular complexity index is 2450. The lowest BCUT2D eigenvalue weighted by Crippen LogP contribution is -2.18. The largest absolute Gasteiger partial charge is 0.471 e. The van der Waals surface area contributed by atoms with Crippen LogP contribution in [0.15, 0.2) is 60.9 Å². The fourth-order valence-electron chi connectivity index (χ4n) is 7.82. The zero-order valence-electron chi connectivity index (χ0n) is 38.9. The lowest BCUT2D eigenvalue weighted by molar-refractivity contribution is 0.0392. The zero-order valence-corrected chi connectivity index (χ0v) is 38.9. The quantitative estimate of drug-likeness (QED) is 0.0792. The van der Waals surface area contributed by atoms with Crippen LogP contribution in [-0.2, 0) is 58.0 Å². The molecular weight excluding hydrogens is 793 g/mol. The van der Waals surface area contributed by atoms with Crippen molar-refractivity contribution in [3.05, 3.63) is 128 Å². The van der Waals surface area contributed by atoms with Crippen molar-refractivity contribution in [3.8, 4) is 34.0 Å². The smallest absolute Gasteiger partial charge is 0.353 e. The number of nitrogens with two attached hydrogens (primary N) is 2. The van der Waals surface area contributed by atoms with Crippen molar-refractivity contribution < 1.29 is 23.8 Å². The van der Waals surface area contributed by atoms with Crippen LogP contribution < -0.4 is 20.9 Å². The molecule has 0 atom stereocenters. The molecule has 0 aliphatic rings. The lowest BCUT2D eigenvalue weighted by atomic mass is 9.85. The van der Waals surface area contributed by atoms with Crippen LogP contribution in [0.3, 0.4) is 0 Å². The lowest BCUT2D eigenvalue weighted by Gasteiger charge is -2.24. The molecule has 13 heteroatoms. The molecule has 6 aromatic rings. The molecule has 6 rings (SSSR count). The minimum absolute atomic E-state index is 0.00231. The average Bonchev–Trinajstić information content (AvgIpc) is 3.77. The Labute approximate surface area is 371 Å². The Kier molecular flexibility index (Phi) is 13.7. The molecule has 0 fully saturated rings. The molecule has 0 aliphatic carbocycles. The second-order valence-electron chi connectivity index (χ2n) is 18.9. The molecule has 4 aromatic heterocycles. The van der Waals surface area contributed by atoms with Crippen molar-refractivity contribution in [1.82, 2.24) is 29.5 Å². The molecule has 0 spiro atoms. The van der Waals surface area contributed by atoms with E-state index in [2.05, 4.69) is 100 Å². The number of aromatic nitrogens is 6. The number of aryl methyl sites for hydroxylation is 6. The van der Waals surface area contributed by atoms with E-state index < -0.39 is 11.9 Å². The first-order valence-corrected chi connectivity index (χ1v) is 21.3. The van der Waals surface area contributed by atoms with Crippen LogP contribution in [0.4, 0.5) is 0 Å². The highest BCUT2D eigenvalue weighted by Gasteiger charge is 2.29. The van der Waals surface area contributed by atoms with Gasteiger partial charge in [0.25, 0.3) is 0 Å². The maximum atomic E-state index is 13.8. The number of ether oxygens (including phenoxy) is 3. The van der Waals surface area contributed by atoms with Gasteiger partial charge in [-0.25, -0.2) is 9.59 Å². The Morgan fingerprint density at radius 2 is 0.921 bits per heavy atom. The molecule has 0 saturated heterocycles. The van der Waals surface area contributed by atoms with Gasteiger partial charge >= 0.3 is 11.9 Å². The first-order valence-electron chi connectivity index (χ1n) is 21.3. The predicted octanol–water partition coefficient (Wildman–Crippen LogP) is 8.76. The first-order chi connectivity index (χ1) is 29.7. The van der Waals surface area contributed by atoms with Gasteiger partial charge in [0.2, 0.25) is 11.8 Å². The SMILES string of the molecule is Cc1ccc(-c2c(COc3nn(C)cc3C(=O)OC(=O)c3cn(C)nc3OCc3c(C)nc(CC(C)(C)C)c(CN)c3-c3ccc(C)cc3)c(C)nc(CC(C)(C)C)c2CN)cc1. The number of pyridine rings is 2. The van der Waals surface area contributed by atoms with Gasteiger partial charge in [-0.15, -0.1) is 10.2 Å². The average molecular weight is 855 g/mol. The summed E-state index contributed by atoms with van der Waals surface area (Å²) >= 11 is 0. The summed E-state index contributed by atoms with van der Waals surface area (Å²) in [6.07, 6.45) is 4.38.